The lowest BCUT2D eigenvalue weighted by Crippen LogP contribution is -2.45. The fraction of sp³-hybridized carbons (Fsp3) is 0.316. The smallest absolute Gasteiger partial charge is 0.261 e. The first-order valence-corrected chi connectivity index (χ1v) is 7.67. The van der Waals surface area contributed by atoms with Crippen LogP contribution in [-0.4, -0.2) is 17.6 Å². The molecule has 116 valence electrons. The molecular weight excluding hydrogens is 274 g/mol. The minimum Gasteiger partial charge on any atom is -0.372 e. The average molecular weight is 297 g/mol. The molecule has 0 aliphatic heterocycles. The Labute approximate surface area is 132 Å². The van der Waals surface area contributed by atoms with E-state index >= 15 is 0 Å². The quantitative estimate of drug-likeness (QED) is 0.861. The zero-order chi connectivity index (χ0) is 16.0. The molecular formula is C19H23NO2. The predicted octanol–water partition coefficient (Wildman–Crippen LogP) is 3.08. The summed E-state index contributed by atoms with van der Waals surface area (Å²) in [4.78, 5) is 12.7. The Morgan fingerprint density at radius 3 is 1.86 bits per heavy atom. The molecule has 0 unspecified atom stereocenters. The fourth-order valence-electron chi connectivity index (χ4n) is 2.39. The number of rotatable bonds is 6. The molecule has 3 nitrogen and oxygen atoms in total. The van der Waals surface area contributed by atoms with Gasteiger partial charge in [0.1, 0.15) is 0 Å². The Balaban J connectivity index is 2.32. The zero-order valence-electron chi connectivity index (χ0n) is 13.1. The van der Waals surface area contributed by atoms with Crippen molar-refractivity contribution in [2.75, 3.05) is 6.54 Å². The van der Waals surface area contributed by atoms with E-state index in [1.165, 1.54) is 0 Å². The van der Waals surface area contributed by atoms with E-state index < -0.39 is 5.60 Å². The second-order valence-electron chi connectivity index (χ2n) is 5.88. The van der Waals surface area contributed by atoms with Crippen molar-refractivity contribution in [1.82, 2.24) is 5.32 Å². The van der Waals surface area contributed by atoms with Gasteiger partial charge in [-0.15, -0.1) is 0 Å². The predicted molar refractivity (Wildman–Crippen MR) is 88.3 cm³/mol. The number of carbonyl (C=O) groups excluding carboxylic acids is 1. The first-order valence-electron chi connectivity index (χ1n) is 7.67. The Morgan fingerprint density at radius 2 is 1.45 bits per heavy atom. The normalized spacial score (nSPS) is 11.5. The average Bonchev–Trinajstić information content (AvgIpc) is 2.55. The van der Waals surface area contributed by atoms with Crippen molar-refractivity contribution < 1.29 is 9.90 Å². The van der Waals surface area contributed by atoms with Gasteiger partial charge in [-0.3, -0.25) is 4.79 Å². The summed E-state index contributed by atoms with van der Waals surface area (Å²) in [5.74, 6) is 0.118. The molecule has 0 fully saturated rings. The van der Waals surface area contributed by atoms with Crippen LogP contribution in [0, 0.1) is 5.92 Å². The molecule has 2 rings (SSSR count). The Kier molecular flexibility index (Phi) is 5.34. The number of benzene rings is 2. The molecule has 0 saturated carbocycles. The van der Waals surface area contributed by atoms with Crippen LogP contribution >= 0.6 is 0 Å². The van der Waals surface area contributed by atoms with Gasteiger partial charge in [0.2, 0.25) is 0 Å². The monoisotopic (exact) mass is 297 g/mol. The summed E-state index contributed by atoms with van der Waals surface area (Å²) in [6.07, 6.45) is 0.880. The standard InChI is InChI=1S/C19H23NO2/c1-15(2)13-14-20-18(21)19(22,16-9-5-3-6-10-16)17-11-7-4-8-12-17/h3-12,15,22H,13-14H2,1-2H3,(H,20,21). The summed E-state index contributed by atoms with van der Waals surface area (Å²) in [5, 5.41) is 14.0. The van der Waals surface area contributed by atoms with E-state index in [0.29, 0.717) is 23.6 Å². The summed E-state index contributed by atoms with van der Waals surface area (Å²) in [6, 6.07) is 18.1. The molecule has 0 atom stereocenters. The second-order valence-corrected chi connectivity index (χ2v) is 5.88. The molecule has 0 saturated heterocycles. The molecule has 22 heavy (non-hydrogen) atoms. The van der Waals surface area contributed by atoms with Crippen LogP contribution in [0.15, 0.2) is 60.7 Å². The second kappa shape index (κ2) is 7.23. The summed E-state index contributed by atoms with van der Waals surface area (Å²) in [7, 11) is 0. The van der Waals surface area contributed by atoms with Crippen molar-refractivity contribution in [3.63, 3.8) is 0 Å². The number of hydrogen-bond donors (Lipinski definition) is 2. The Bertz CT molecular complexity index is 554. The minimum atomic E-state index is -1.67. The molecule has 0 bridgehead atoms. The molecule has 2 aromatic rings. The van der Waals surface area contributed by atoms with Crippen molar-refractivity contribution in [1.29, 1.82) is 0 Å². The molecule has 0 heterocycles. The summed E-state index contributed by atoms with van der Waals surface area (Å²) < 4.78 is 0. The van der Waals surface area contributed by atoms with Gasteiger partial charge in [0.25, 0.3) is 5.91 Å². The maximum absolute atomic E-state index is 12.7. The van der Waals surface area contributed by atoms with Gasteiger partial charge in [-0.2, -0.15) is 0 Å². The molecule has 0 radical (unpaired) electrons. The van der Waals surface area contributed by atoms with Crippen LogP contribution in [0.3, 0.4) is 0 Å². The van der Waals surface area contributed by atoms with E-state index in [1.54, 1.807) is 24.3 Å². The zero-order valence-corrected chi connectivity index (χ0v) is 13.1. The fourth-order valence-corrected chi connectivity index (χ4v) is 2.39. The highest BCUT2D eigenvalue weighted by molar-refractivity contribution is 5.90. The largest absolute Gasteiger partial charge is 0.372 e. The molecule has 0 aromatic heterocycles. The molecule has 2 N–H and O–H groups in total. The van der Waals surface area contributed by atoms with E-state index in [2.05, 4.69) is 19.2 Å². The number of amides is 1. The molecule has 1 amide bonds. The highest BCUT2D eigenvalue weighted by Crippen LogP contribution is 2.29. The third kappa shape index (κ3) is 3.55. The molecule has 0 spiro atoms. The van der Waals surface area contributed by atoms with Gasteiger partial charge in [-0.05, 0) is 23.5 Å². The van der Waals surface area contributed by atoms with Gasteiger partial charge in [0, 0.05) is 6.54 Å². The molecule has 2 aromatic carbocycles. The summed E-state index contributed by atoms with van der Waals surface area (Å²) in [5.41, 5.74) is -0.522. The Morgan fingerprint density at radius 1 is 1.00 bits per heavy atom. The molecule has 0 aliphatic rings. The van der Waals surface area contributed by atoms with Crippen LogP contribution in [0.1, 0.15) is 31.4 Å². The van der Waals surface area contributed by atoms with Crippen LogP contribution < -0.4 is 5.32 Å². The summed E-state index contributed by atoms with van der Waals surface area (Å²) >= 11 is 0. The van der Waals surface area contributed by atoms with Crippen molar-refractivity contribution in [3.8, 4) is 0 Å². The highest BCUT2D eigenvalue weighted by atomic mass is 16.3. The van der Waals surface area contributed by atoms with E-state index in [0.717, 1.165) is 6.42 Å². The third-order valence-electron chi connectivity index (χ3n) is 3.72. The number of hydrogen-bond acceptors (Lipinski definition) is 2. The van der Waals surface area contributed by atoms with Gasteiger partial charge >= 0.3 is 0 Å². The van der Waals surface area contributed by atoms with Crippen LogP contribution in [0.2, 0.25) is 0 Å². The van der Waals surface area contributed by atoms with E-state index in [-0.39, 0.29) is 5.91 Å². The topological polar surface area (TPSA) is 49.3 Å². The van der Waals surface area contributed by atoms with Gasteiger partial charge < -0.3 is 10.4 Å². The van der Waals surface area contributed by atoms with Crippen molar-refractivity contribution in [2.45, 2.75) is 25.9 Å². The van der Waals surface area contributed by atoms with Gasteiger partial charge in [-0.25, -0.2) is 0 Å². The van der Waals surface area contributed by atoms with Crippen molar-refractivity contribution in [2.24, 2.45) is 5.92 Å². The van der Waals surface area contributed by atoms with E-state index in [1.807, 2.05) is 36.4 Å². The van der Waals surface area contributed by atoms with Gasteiger partial charge in [0.15, 0.2) is 5.60 Å². The lowest BCUT2D eigenvalue weighted by Gasteiger charge is -2.28. The van der Waals surface area contributed by atoms with Crippen LogP contribution in [0.4, 0.5) is 0 Å². The number of carbonyl (C=O) groups is 1. The van der Waals surface area contributed by atoms with E-state index in [4.69, 9.17) is 0 Å². The van der Waals surface area contributed by atoms with Gasteiger partial charge in [0.05, 0.1) is 0 Å². The van der Waals surface area contributed by atoms with Crippen molar-refractivity contribution >= 4 is 5.91 Å². The number of nitrogens with one attached hydrogen (secondary N) is 1. The van der Waals surface area contributed by atoms with E-state index in [9.17, 15) is 9.90 Å². The third-order valence-corrected chi connectivity index (χ3v) is 3.72. The maximum atomic E-state index is 12.7. The maximum Gasteiger partial charge on any atom is 0.261 e. The lowest BCUT2D eigenvalue weighted by molar-refractivity contribution is -0.136. The van der Waals surface area contributed by atoms with Crippen LogP contribution in [-0.2, 0) is 10.4 Å². The highest BCUT2D eigenvalue weighted by Gasteiger charge is 2.39. The Hall–Kier alpha value is -2.13. The first-order chi connectivity index (χ1) is 10.5. The summed E-state index contributed by atoms with van der Waals surface area (Å²) in [6.45, 7) is 4.76. The SMILES string of the molecule is CC(C)CCNC(=O)C(O)(c1ccccc1)c1ccccc1. The minimum absolute atomic E-state index is 0.384. The first kappa shape index (κ1) is 16.2. The van der Waals surface area contributed by atoms with Crippen molar-refractivity contribution in [3.05, 3.63) is 71.8 Å². The van der Waals surface area contributed by atoms with Crippen LogP contribution in [0.25, 0.3) is 0 Å². The van der Waals surface area contributed by atoms with Gasteiger partial charge in [-0.1, -0.05) is 74.5 Å². The number of aliphatic hydroxyl groups is 1. The molecule has 0 aliphatic carbocycles. The van der Waals surface area contributed by atoms with Crippen LogP contribution in [0.5, 0.6) is 0 Å². The molecule has 3 heteroatoms. The lowest BCUT2D eigenvalue weighted by atomic mass is 9.85.